The number of benzene rings is 2. The molecule has 0 aliphatic carbocycles. The highest BCUT2D eigenvalue weighted by Crippen LogP contribution is 2.40. The molecule has 0 aliphatic rings. The van der Waals surface area contributed by atoms with Gasteiger partial charge < -0.3 is 24.6 Å². The summed E-state index contributed by atoms with van der Waals surface area (Å²) < 4.78 is 16.0. The predicted octanol–water partition coefficient (Wildman–Crippen LogP) is 5.48. The van der Waals surface area contributed by atoms with Crippen LogP contribution in [0, 0.1) is 0 Å². The number of carbonyl (C=O) groups is 2. The quantitative estimate of drug-likeness (QED) is 0.215. The van der Waals surface area contributed by atoms with Gasteiger partial charge in [0.15, 0.2) is 5.75 Å². The van der Waals surface area contributed by atoms with Gasteiger partial charge in [-0.25, -0.2) is 19.6 Å². The van der Waals surface area contributed by atoms with Crippen molar-refractivity contribution < 1.29 is 28.9 Å². The van der Waals surface area contributed by atoms with Crippen molar-refractivity contribution in [2.75, 3.05) is 12.1 Å². The number of nitrogens with one attached hydrogen (secondary N) is 1. The molecule has 2 N–H and O–H groups in total. The second kappa shape index (κ2) is 11.5. The fourth-order valence-electron chi connectivity index (χ4n) is 3.59. The Kier molecular flexibility index (Phi) is 7.99. The lowest BCUT2D eigenvalue weighted by atomic mass is 9.95. The Bertz CT molecular complexity index is 1400. The van der Waals surface area contributed by atoms with Crippen LogP contribution in [-0.4, -0.2) is 45.1 Å². The molecule has 4 rings (SSSR count). The standard InChI is InChI=1S/C26H23ClN4O6/c1-15(2)37-26(34)36-14-35-23-19(13-20(27)18-5-3-10-28-22(18)23)21(31-25-29-11-4-12-30-25)16-6-8-17(9-7-16)24(32)33/h3-13,15,21H,14H2,1-2H3,(H,32,33)(H,29,30,31). The number of carboxylic acid groups (broad SMARTS) is 1. The summed E-state index contributed by atoms with van der Waals surface area (Å²) in [7, 11) is 0. The van der Waals surface area contributed by atoms with Crippen LogP contribution in [0.5, 0.6) is 5.75 Å². The molecule has 0 bridgehead atoms. The number of anilines is 1. The third-order valence-corrected chi connectivity index (χ3v) is 5.49. The fraction of sp³-hybridized carbons (Fsp3) is 0.192. The largest absolute Gasteiger partial charge is 0.511 e. The molecule has 1 atom stereocenters. The van der Waals surface area contributed by atoms with Gasteiger partial charge in [0.2, 0.25) is 12.7 Å². The molecule has 2 aromatic carbocycles. The van der Waals surface area contributed by atoms with Gasteiger partial charge in [0.25, 0.3) is 0 Å². The average Bonchev–Trinajstić information content (AvgIpc) is 2.89. The monoisotopic (exact) mass is 522 g/mol. The van der Waals surface area contributed by atoms with E-state index in [1.807, 2.05) is 0 Å². The lowest BCUT2D eigenvalue weighted by Crippen LogP contribution is -2.19. The first-order valence-electron chi connectivity index (χ1n) is 11.2. The van der Waals surface area contributed by atoms with Crippen LogP contribution in [0.2, 0.25) is 5.02 Å². The van der Waals surface area contributed by atoms with E-state index >= 15 is 0 Å². The van der Waals surface area contributed by atoms with Crippen LogP contribution < -0.4 is 10.1 Å². The predicted molar refractivity (Wildman–Crippen MR) is 136 cm³/mol. The molecule has 0 amide bonds. The molecule has 2 heterocycles. The van der Waals surface area contributed by atoms with E-state index in [1.54, 1.807) is 68.8 Å². The minimum atomic E-state index is -1.05. The summed E-state index contributed by atoms with van der Waals surface area (Å²) in [6.45, 7) is 2.96. The van der Waals surface area contributed by atoms with Crippen LogP contribution >= 0.6 is 11.6 Å². The molecule has 4 aromatic rings. The lowest BCUT2D eigenvalue weighted by Gasteiger charge is -2.24. The van der Waals surface area contributed by atoms with Crippen molar-refractivity contribution in [2.45, 2.75) is 26.0 Å². The summed E-state index contributed by atoms with van der Waals surface area (Å²) in [4.78, 5) is 36.2. The number of ether oxygens (including phenoxy) is 3. The molecule has 10 nitrogen and oxygen atoms in total. The van der Waals surface area contributed by atoms with E-state index in [2.05, 4.69) is 20.3 Å². The number of aromatic nitrogens is 3. The maximum absolute atomic E-state index is 11.9. The van der Waals surface area contributed by atoms with Gasteiger partial charge in [-0.15, -0.1) is 0 Å². The highest BCUT2D eigenvalue weighted by Gasteiger charge is 2.24. The summed E-state index contributed by atoms with van der Waals surface area (Å²) in [5.74, 6) is -0.433. The molecule has 1 unspecified atom stereocenters. The Labute approximate surface area is 217 Å². The molecule has 37 heavy (non-hydrogen) atoms. The highest BCUT2D eigenvalue weighted by atomic mass is 35.5. The van der Waals surface area contributed by atoms with Gasteiger partial charge in [-0.1, -0.05) is 23.7 Å². The summed E-state index contributed by atoms with van der Waals surface area (Å²) in [5, 5.41) is 13.6. The van der Waals surface area contributed by atoms with Gasteiger partial charge in [0.05, 0.1) is 22.7 Å². The van der Waals surface area contributed by atoms with Crippen LogP contribution in [0.4, 0.5) is 10.7 Å². The Morgan fingerprint density at radius 2 is 1.73 bits per heavy atom. The molecule has 0 spiro atoms. The Morgan fingerprint density at radius 1 is 1.03 bits per heavy atom. The minimum absolute atomic E-state index is 0.130. The molecular formula is C26H23ClN4O6. The number of hydrogen-bond donors (Lipinski definition) is 2. The van der Waals surface area contributed by atoms with Gasteiger partial charge in [0, 0.05) is 29.5 Å². The van der Waals surface area contributed by atoms with E-state index in [1.165, 1.54) is 12.1 Å². The summed E-state index contributed by atoms with van der Waals surface area (Å²) in [6, 6.07) is 12.6. The van der Waals surface area contributed by atoms with Crippen LogP contribution in [0.25, 0.3) is 10.9 Å². The molecule has 2 aromatic heterocycles. The average molecular weight is 523 g/mol. The van der Waals surface area contributed by atoms with E-state index in [0.29, 0.717) is 38.8 Å². The molecule has 0 saturated heterocycles. The lowest BCUT2D eigenvalue weighted by molar-refractivity contribution is -0.00809. The zero-order valence-corrected chi connectivity index (χ0v) is 20.7. The van der Waals surface area contributed by atoms with Crippen molar-refractivity contribution in [3.05, 3.63) is 88.8 Å². The Balaban J connectivity index is 1.80. The zero-order valence-electron chi connectivity index (χ0n) is 19.9. The van der Waals surface area contributed by atoms with Crippen molar-refractivity contribution in [3.63, 3.8) is 0 Å². The van der Waals surface area contributed by atoms with Crippen molar-refractivity contribution in [1.29, 1.82) is 0 Å². The molecular weight excluding hydrogens is 500 g/mol. The molecule has 11 heteroatoms. The van der Waals surface area contributed by atoms with Crippen molar-refractivity contribution >= 4 is 40.6 Å². The van der Waals surface area contributed by atoms with E-state index in [-0.39, 0.29) is 11.7 Å². The third-order valence-electron chi connectivity index (χ3n) is 5.18. The van der Waals surface area contributed by atoms with Crippen LogP contribution in [0.3, 0.4) is 0 Å². The molecule has 0 aliphatic heterocycles. The highest BCUT2D eigenvalue weighted by molar-refractivity contribution is 6.35. The number of pyridine rings is 1. The second-order valence-corrected chi connectivity index (χ2v) is 8.48. The molecule has 0 saturated carbocycles. The summed E-state index contributed by atoms with van der Waals surface area (Å²) in [6.07, 6.45) is 3.53. The maximum Gasteiger partial charge on any atom is 0.511 e. The topological polar surface area (TPSA) is 133 Å². The van der Waals surface area contributed by atoms with Gasteiger partial charge >= 0.3 is 12.1 Å². The first-order valence-corrected chi connectivity index (χ1v) is 11.6. The SMILES string of the molecule is CC(C)OC(=O)OCOc1c(C(Nc2ncccn2)c2ccc(C(=O)O)cc2)cc(Cl)c2cccnc12. The van der Waals surface area contributed by atoms with Crippen molar-refractivity contribution in [3.8, 4) is 5.75 Å². The smallest absolute Gasteiger partial charge is 0.478 e. The number of carboxylic acids is 1. The first kappa shape index (κ1) is 25.6. The van der Waals surface area contributed by atoms with Crippen LogP contribution in [0.15, 0.2) is 67.1 Å². The van der Waals surface area contributed by atoms with E-state index in [0.717, 1.165) is 0 Å². The van der Waals surface area contributed by atoms with Crippen LogP contribution in [0.1, 0.15) is 41.4 Å². The number of fused-ring (bicyclic) bond motifs is 1. The third kappa shape index (κ3) is 6.22. The maximum atomic E-state index is 11.9. The van der Waals surface area contributed by atoms with Gasteiger partial charge in [-0.05, 0) is 55.8 Å². The molecule has 190 valence electrons. The summed E-state index contributed by atoms with van der Waals surface area (Å²) in [5.41, 5.74) is 1.78. The van der Waals surface area contributed by atoms with E-state index < -0.39 is 25.0 Å². The molecule has 0 fully saturated rings. The minimum Gasteiger partial charge on any atom is -0.478 e. The van der Waals surface area contributed by atoms with Gasteiger partial charge in [-0.2, -0.15) is 0 Å². The number of rotatable bonds is 9. The van der Waals surface area contributed by atoms with Gasteiger partial charge in [0.1, 0.15) is 5.52 Å². The fourth-order valence-corrected chi connectivity index (χ4v) is 3.86. The number of nitrogens with zero attached hydrogens (tertiary/aromatic N) is 3. The van der Waals surface area contributed by atoms with E-state index in [4.69, 9.17) is 25.8 Å². The number of aromatic carboxylic acids is 1. The first-order chi connectivity index (χ1) is 17.8. The van der Waals surface area contributed by atoms with E-state index in [9.17, 15) is 14.7 Å². The second-order valence-electron chi connectivity index (χ2n) is 8.08. The number of hydrogen-bond acceptors (Lipinski definition) is 9. The Hall–Kier alpha value is -4.44. The summed E-state index contributed by atoms with van der Waals surface area (Å²) >= 11 is 6.64. The van der Waals surface area contributed by atoms with Gasteiger partial charge in [-0.3, -0.25) is 4.98 Å². The number of halogens is 1. The van der Waals surface area contributed by atoms with Crippen LogP contribution in [-0.2, 0) is 9.47 Å². The van der Waals surface area contributed by atoms with Crippen molar-refractivity contribution in [1.82, 2.24) is 15.0 Å². The Morgan fingerprint density at radius 3 is 2.41 bits per heavy atom. The number of carbonyl (C=O) groups excluding carboxylic acids is 1. The molecule has 0 radical (unpaired) electrons. The van der Waals surface area contributed by atoms with Crippen molar-refractivity contribution in [2.24, 2.45) is 0 Å². The normalized spacial score (nSPS) is 11.7. The zero-order chi connectivity index (χ0) is 26.4.